The van der Waals surface area contributed by atoms with Crippen molar-refractivity contribution >= 4 is 12.0 Å². The van der Waals surface area contributed by atoms with Crippen molar-refractivity contribution in [2.45, 2.75) is 26.8 Å². The fourth-order valence-corrected chi connectivity index (χ4v) is 2.96. The molecular weight excluding hydrogens is 352 g/mol. The molecule has 1 unspecified atom stereocenters. The number of carbonyl (C=O) groups excluding carboxylic acids is 1. The number of rotatable bonds is 8. The van der Waals surface area contributed by atoms with E-state index >= 15 is 0 Å². The Morgan fingerprint density at radius 3 is 2.46 bits per heavy atom. The van der Waals surface area contributed by atoms with Gasteiger partial charge in [0.2, 0.25) is 5.91 Å². The molecule has 1 amide bonds. The van der Waals surface area contributed by atoms with Crippen LogP contribution in [0.15, 0.2) is 48.5 Å². The Bertz CT molecular complexity index is 866. The predicted molar refractivity (Wildman–Crippen MR) is 110 cm³/mol. The molecule has 2 aromatic carbocycles. The summed E-state index contributed by atoms with van der Waals surface area (Å²) in [4.78, 5) is 14.5. The van der Waals surface area contributed by atoms with Crippen LogP contribution >= 0.6 is 0 Å². The first-order chi connectivity index (χ1) is 13.5. The van der Waals surface area contributed by atoms with Gasteiger partial charge in [0.05, 0.1) is 31.4 Å². The summed E-state index contributed by atoms with van der Waals surface area (Å²) in [5.41, 5.74) is 2.45. The standard InChI is InChI=1S/C23H26N2O3/c1-5-25(17(3)20-11-7-19(16-24)8-12-20)23(26)14-10-18-9-13-21(28-6-2)22(15-18)27-4/h7-15,17H,5-6H2,1-4H3/b14-10+. The Kier molecular flexibility index (Phi) is 7.65. The number of carbonyl (C=O) groups is 1. The van der Waals surface area contributed by atoms with Gasteiger partial charge in [0.15, 0.2) is 11.5 Å². The van der Waals surface area contributed by atoms with Gasteiger partial charge in [-0.3, -0.25) is 4.79 Å². The van der Waals surface area contributed by atoms with Crippen molar-refractivity contribution in [2.24, 2.45) is 0 Å². The van der Waals surface area contributed by atoms with E-state index in [1.165, 1.54) is 0 Å². The Morgan fingerprint density at radius 2 is 1.89 bits per heavy atom. The fourth-order valence-electron chi connectivity index (χ4n) is 2.96. The molecule has 0 bridgehead atoms. The van der Waals surface area contributed by atoms with Gasteiger partial charge in [-0.2, -0.15) is 5.26 Å². The molecule has 0 saturated carbocycles. The molecule has 1 atom stereocenters. The molecule has 0 radical (unpaired) electrons. The number of likely N-dealkylation sites (N-methyl/N-ethyl adjacent to an activating group) is 1. The molecule has 0 aliphatic heterocycles. The highest BCUT2D eigenvalue weighted by Gasteiger charge is 2.18. The van der Waals surface area contributed by atoms with Crippen LogP contribution in [-0.2, 0) is 4.79 Å². The number of amides is 1. The number of nitriles is 1. The van der Waals surface area contributed by atoms with E-state index in [1.807, 2.05) is 51.1 Å². The summed E-state index contributed by atoms with van der Waals surface area (Å²) in [5, 5.41) is 8.93. The molecule has 0 heterocycles. The van der Waals surface area contributed by atoms with Crippen molar-refractivity contribution in [1.29, 1.82) is 5.26 Å². The molecule has 0 aliphatic rings. The van der Waals surface area contributed by atoms with Gasteiger partial charge in [0.1, 0.15) is 0 Å². The van der Waals surface area contributed by atoms with Gasteiger partial charge in [0.25, 0.3) is 0 Å². The molecule has 28 heavy (non-hydrogen) atoms. The lowest BCUT2D eigenvalue weighted by Gasteiger charge is -2.27. The maximum Gasteiger partial charge on any atom is 0.247 e. The molecule has 0 N–H and O–H groups in total. The van der Waals surface area contributed by atoms with Crippen molar-refractivity contribution in [1.82, 2.24) is 4.90 Å². The van der Waals surface area contributed by atoms with Crippen LogP contribution < -0.4 is 9.47 Å². The van der Waals surface area contributed by atoms with Gasteiger partial charge in [-0.15, -0.1) is 0 Å². The summed E-state index contributed by atoms with van der Waals surface area (Å²) in [5.74, 6) is 1.24. The highest BCUT2D eigenvalue weighted by atomic mass is 16.5. The van der Waals surface area contributed by atoms with E-state index in [9.17, 15) is 4.79 Å². The predicted octanol–water partition coefficient (Wildman–Crippen LogP) is 4.59. The molecule has 5 nitrogen and oxygen atoms in total. The molecule has 0 aliphatic carbocycles. The molecule has 2 rings (SSSR count). The molecule has 2 aromatic rings. The highest BCUT2D eigenvalue weighted by molar-refractivity contribution is 5.92. The highest BCUT2D eigenvalue weighted by Crippen LogP contribution is 2.28. The summed E-state index contributed by atoms with van der Waals surface area (Å²) >= 11 is 0. The summed E-state index contributed by atoms with van der Waals surface area (Å²) in [7, 11) is 1.59. The zero-order chi connectivity index (χ0) is 20.5. The SMILES string of the molecule is CCOc1ccc(/C=C/C(=O)N(CC)C(C)c2ccc(C#N)cc2)cc1OC. The number of ether oxygens (including phenoxy) is 2. The number of methoxy groups -OCH3 is 1. The van der Waals surface area contributed by atoms with Crippen LogP contribution in [0.3, 0.4) is 0 Å². The number of hydrogen-bond donors (Lipinski definition) is 0. The van der Waals surface area contributed by atoms with Crippen molar-refractivity contribution in [3.63, 3.8) is 0 Å². The van der Waals surface area contributed by atoms with E-state index in [1.54, 1.807) is 36.3 Å². The van der Waals surface area contributed by atoms with Gasteiger partial charge in [-0.1, -0.05) is 18.2 Å². The largest absolute Gasteiger partial charge is 0.493 e. The van der Waals surface area contributed by atoms with Gasteiger partial charge in [0, 0.05) is 12.6 Å². The van der Waals surface area contributed by atoms with Crippen LogP contribution in [0.25, 0.3) is 6.08 Å². The van der Waals surface area contributed by atoms with Crippen LogP contribution in [0.2, 0.25) is 0 Å². The third kappa shape index (κ3) is 5.14. The van der Waals surface area contributed by atoms with Crippen LogP contribution in [-0.4, -0.2) is 31.1 Å². The molecule has 0 fully saturated rings. The van der Waals surface area contributed by atoms with Gasteiger partial charge in [-0.25, -0.2) is 0 Å². The second-order valence-electron chi connectivity index (χ2n) is 6.21. The van der Waals surface area contributed by atoms with Crippen molar-refractivity contribution in [3.8, 4) is 17.6 Å². The Balaban J connectivity index is 2.15. The number of hydrogen-bond acceptors (Lipinski definition) is 4. The smallest absolute Gasteiger partial charge is 0.247 e. The van der Waals surface area contributed by atoms with E-state index in [-0.39, 0.29) is 11.9 Å². The van der Waals surface area contributed by atoms with E-state index in [2.05, 4.69) is 6.07 Å². The van der Waals surface area contributed by atoms with Crippen LogP contribution in [0, 0.1) is 11.3 Å². The lowest BCUT2D eigenvalue weighted by Crippen LogP contribution is -2.32. The summed E-state index contributed by atoms with van der Waals surface area (Å²) < 4.78 is 10.9. The van der Waals surface area contributed by atoms with Gasteiger partial charge >= 0.3 is 0 Å². The third-order valence-corrected chi connectivity index (χ3v) is 4.52. The normalized spacial score (nSPS) is 11.7. The lowest BCUT2D eigenvalue weighted by atomic mass is 10.0. The molecule has 5 heteroatoms. The minimum absolute atomic E-state index is 0.0767. The van der Waals surface area contributed by atoms with Crippen LogP contribution in [0.5, 0.6) is 11.5 Å². The maximum absolute atomic E-state index is 12.7. The average Bonchev–Trinajstić information content (AvgIpc) is 2.73. The molecule has 0 spiro atoms. The second kappa shape index (κ2) is 10.2. The Morgan fingerprint density at radius 1 is 1.18 bits per heavy atom. The molecule has 146 valence electrons. The zero-order valence-electron chi connectivity index (χ0n) is 16.8. The van der Waals surface area contributed by atoms with E-state index in [0.29, 0.717) is 30.2 Å². The fraction of sp³-hybridized carbons (Fsp3) is 0.304. The van der Waals surface area contributed by atoms with Gasteiger partial charge < -0.3 is 14.4 Å². The topological polar surface area (TPSA) is 62.6 Å². The summed E-state index contributed by atoms with van der Waals surface area (Å²) in [6, 6.07) is 14.9. The van der Waals surface area contributed by atoms with Crippen molar-refractivity contribution in [2.75, 3.05) is 20.3 Å². The lowest BCUT2D eigenvalue weighted by molar-refractivity contribution is -0.127. The first kappa shape index (κ1) is 21.0. The zero-order valence-corrected chi connectivity index (χ0v) is 16.8. The van der Waals surface area contributed by atoms with Crippen LogP contribution in [0.1, 0.15) is 43.5 Å². The Hall–Kier alpha value is -3.26. The number of benzene rings is 2. The average molecular weight is 378 g/mol. The second-order valence-corrected chi connectivity index (χ2v) is 6.21. The summed E-state index contributed by atoms with van der Waals surface area (Å²) in [6.07, 6.45) is 3.34. The minimum atomic E-state index is -0.0928. The molecule has 0 saturated heterocycles. The van der Waals surface area contributed by atoms with E-state index < -0.39 is 0 Å². The minimum Gasteiger partial charge on any atom is -0.493 e. The third-order valence-electron chi connectivity index (χ3n) is 4.52. The first-order valence-electron chi connectivity index (χ1n) is 9.33. The monoisotopic (exact) mass is 378 g/mol. The first-order valence-corrected chi connectivity index (χ1v) is 9.33. The maximum atomic E-state index is 12.7. The Labute approximate surface area is 166 Å². The molecular formula is C23H26N2O3. The van der Waals surface area contributed by atoms with E-state index in [0.717, 1.165) is 11.1 Å². The number of nitrogens with zero attached hydrogens (tertiary/aromatic N) is 2. The van der Waals surface area contributed by atoms with Crippen LogP contribution in [0.4, 0.5) is 0 Å². The van der Waals surface area contributed by atoms with Crippen molar-refractivity contribution in [3.05, 3.63) is 65.2 Å². The van der Waals surface area contributed by atoms with Crippen molar-refractivity contribution < 1.29 is 14.3 Å². The van der Waals surface area contributed by atoms with Gasteiger partial charge in [-0.05, 0) is 62.2 Å². The summed E-state index contributed by atoms with van der Waals surface area (Å²) in [6.45, 7) is 6.99. The quantitative estimate of drug-likeness (QED) is 0.630. The van der Waals surface area contributed by atoms with E-state index in [4.69, 9.17) is 14.7 Å². The molecule has 0 aromatic heterocycles.